The molecule has 1 amide bonds. The van der Waals surface area contributed by atoms with Crippen LogP contribution in [-0.4, -0.2) is 43.7 Å². The molecule has 1 fully saturated rings. The molecule has 5 heteroatoms. The molecule has 0 bridgehead atoms. The Hall–Kier alpha value is -0.130. The molecule has 0 aromatic heterocycles. The lowest BCUT2D eigenvalue weighted by Gasteiger charge is -2.21. The molecule has 1 aliphatic heterocycles. The first-order valence-electron chi connectivity index (χ1n) is 5.37. The van der Waals surface area contributed by atoms with Crippen LogP contribution < -0.4 is 5.32 Å². The molecular formula is C10H18BrNO3. The number of nitrogens with one attached hydrogen (secondary N) is 1. The summed E-state index contributed by atoms with van der Waals surface area (Å²) in [7, 11) is 0. The normalized spacial score (nSPS) is 21.3. The second-order valence-electron chi connectivity index (χ2n) is 3.48. The van der Waals surface area contributed by atoms with Crippen LogP contribution in [0.5, 0.6) is 0 Å². The van der Waals surface area contributed by atoms with E-state index in [0.717, 1.165) is 31.1 Å². The first-order chi connectivity index (χ1) is 7.34. The SMILES string of the molecule is O=C(NCCCCCBr)C1COCCO1. The van der Waals surface area contributed by atoms with Gasteiger partial charge in [-0.3, -0.25) is 4.79 Å². The number of amides is 1. The van der Waals surface area contributed by atoms with E-state index in [1.54, 1.807) is 0 Å². The van der Waals surface area contributed by atoms with E-state index >= 15 is 0 Å². The van der Waals surface area contributed by atoms with Crippen molar-refractivity contribution in [3.63, 3.8) is 0 Å². The number of unbranched alkanes of at least 4 members (excludes halogenated alkanes) is 2. The lowest BCUT2D eigenvalue weighted by molar-refractivity contribution is -0.147. The van der Waals surface area contributed by atoms with E-state index < -0.39 is 6.10 Å². The Morgan fingerprint density at radius 3 is 2.87 bits per heavy atom. The number of carbonyl (C=O) groups excluding carboxylic acids is 1. The quantitative estimate of drug-likeness (QED) is 0.585. The van der Waals surface area contributed by atoms with Crippen molar-refractivity contribution in [1.82, 2.24) is 5.32 Å². The van der Waals surface area contributed by atoms with Gasteiger partial charge in [-0.1, -0.05) is 22.4 Å². The molecule has 0 aromatic rings. The van der Waals surface area contributed by atoms with Gasteiger partial charge in [-0.15, -0.1) is 0 Å². The summed E-state index contributed by atoms with van der Waals surface area (Å²) in [5.41, 5.74) is 0. The fraction of sp³-hybridized carbons (Fsp3) is 0.900. The minimum absolute atomic E-state index is 0.0476. The average molecular weight is 280 g/mol. The molecule has 0 saturated carbocycles. The number of ether oxygens (including phenoxy) is 2. The lowest BCUT2D eigenvalue weighted by atomic mass is 10.2. The van der Waals surface area contributed by atoms with Crippen LogP contribution in [0.2, 0.25) is 0 Å². The molecule has 1 saturated heterocycles. The van der Waals surface area contributed by atoms with Crippen molar-refractivity contribution in [3.8, 4) is 0 Å². The van der Waals surface area contributed by atoms with Crippen LogP contribution in [0.15, 0.2) is 0 Å². The highest BCUT2D eigenvalue weighted by atomic mass is 79.9. The van der Waals surface area contributed by atoms with Gasteiger partial charge in [0.15, 0.2) is 6.10 Å². The van der Waals surface area contributed by atoms with Crippen molar-refractivity contribution >= 4 is 21.8 Å². The van der Waals surface area contributed by atoms with E-state index in [9.17, 15) is 4.79 Å². The van der Waals surface area contributed by atoms with Gasteiger partial charge < -0.3 is 14.8 Å². The third kappa shape index (κ3) is 5.49. The molecule has 0 aromatic carbocycles. The van der Waals surface area contributed by atoms with Crippen LogP contribution >= 0.6 is 15.9 Å². The monoisotopic (exact) mass is 279 g/mol. The minimum atomic E-state index is -0.407. The van der Waals surface area contributed by atoms with Gasteiger partial charge in [0.05, 0.1) is 19.8 Å². The van der Waals surface area contributed by atoms with E-state index in [2.05, 4.69) is 21.2 Å². The first-order valence-corrected chi connectivity index (χ1v) is 6.50. The largest absolute Gasteiger partial charge is 0.376 e. The topological polar surface area (TPSA) is 47.6 Å². The van der Waals surface area contributed by atoms with E-state index in [0.29, 0.717) is 19.8 Å². The standard InChI is InChI=1S/C10H18BrNO3/c11-4-2-1-3-5-12-10(13)9-8-14-6-7-15-9/h9H,1-8H2,(H,12,13). The Bertz CT molecular complexity index is 184. The summed E-state index contributed by atoms with van der Waals surface area (Å²) in [6.07, 6.45) is 2.90. The van der Waals surface area contributed by atoms with E-state index in [4.69, 9.17) is 9.47 Å². The molecule has 0 radical (unpaired) electrons. The van der Waals surface area contributed by atoms with Crippen molar-refractivity contribution in [2.45, 2.75) is 25.4 Å². The van der Waals surface area contributed by atoms with Crippen LogP contribution in [0.4, 0.5) is 0 Å². The lowest BCUT2D eigenvalue weighted by Crippen LogP contribution is -2.43. The predicted molar refractivity (Wildman–Crippen MR) is 61.2 cm³/mol. The molecule has 1 atom stereocenters. The number of halogens is 1. The molecule has 15 heavy (non-hydrogen) atoms. The summed E-state index contributed by atoms with van der Waals surface area (Å²) >= 11 is 3.37. The molecule has 1 aliphatic rings. The predicted octanol–water partition coefficient (Wildman–Crippen LogP) is 1.08. The molecule has 0 aliphatic carbocycles. The highest BCUT2D eigenvalue weighted by molar-refractivity contribution is 9.09. The highest BCUT2D eigenvalue weighted by Crippen LogP contribution is 2.01. The van der Waals surface area contributed by atoms with Crippen molar-refractivity contribution < 1.29 is 14.3 Å². The summed E-state index contributed by atoms with van der Waals surface area (Å²) in [5.74, 6) is -0.0476. The van der Waals surface area contributed by atoms with Gasteiger partial charge in [0.1, 0.15) is 0 Å². The molecule has 1 unspecified atom stereocenters. The zero-order chi connectivity index (χ0) is 10.9. The summed E-state index contributed by atoms with van der Waals surface area (Å²) < 4.78 is 10.4. The molecule has 4 nitrogen and oxygen atoms in total. The smallest absolute Gasteiger partial charge is 0.251 e. The number of hydrogen-bond acceptors (Lipinski definition) is 3. The molecule has 1 rings (SSSR count). The van der Waals surface area contributed by atoms with Crippen molar-refractivity contribution in [2.75, 3.05) is 31.7 Å². The number of rotatable bonds is 6. The second kappa shape index (κ2) is 8.07. The summed E-state index contributed by atoms with van der Waals surface area (Å²) in [4.78, 5) is 11.5. The van der Waals surface area contributed by atoms with Gasteiger partial charge in [-0.05, 0) is 12.8 Å². The first kappa shape index (κ1) is 12.9. The van der Waals surface area contributed by atoms with Crippen LogP contribution in [0, 0.1) is 0 Å². The molecule has 1 heterocycles. The Balaban J connectivity index is 2.02. The third-order valence-corrected chi connectivity index (χ3v) is 2.78. The van der Waals surface area contributed by atoms with Crippen molar-refractivity contribution in [2.24, 2.45) is 0 Å². The van der Waals surface area contributed by atoms with Gasteiger partial charge in [-0.25, -0.2) is 0 Å². The zero-order valence-electron chi connectivity index (χ0n) is 8.84. The van der Waals surface area contributed by atoms with Gasteiger partial charge in [0.2, 0.25) is 0 Å². The van der Waals surface area contributed by atoms with E-state index in [1.165, 1.54) is 0 Å². The van der Waals surface area contributed by atoms with Gasteiger partial charge in [0.25, 0.3) is 5.91 Å². The Kier molecular flexibility index (Phi) is 6.96. The number of carbonyl (C=O) groups is 1. The van der Waals surface area contributed by atoms with Crippen molar-refractivity contribution in [1.29, 1.82) is 0 Å². The minimum Gasteiger partial charge on any atom is -0.376 e. The molecule has 0 spiro atoms. The summed E-state index contributed by atoms with van der Waals surface area (Å²) in [6, 6.07) is 0. The van der Waals surface area contributed by atoms with Crippen LogP contribution in [0.3, 0.4) is 0 Å². The van der Waals surface area contributed by atoms with Crippen LogP contribution in [0.1, 0.15) is 19.3 Å². The second-order valence-corrected chi connectivity index (χ2v) is 4.27. The van der Waals surface area contributed by atoms with Crippen LogP contribution in [-0.2, 0) is 14.3 Å². The third-order valence-electron chi connectivity index (χ3n) is 2.22. The fourth-order valence-electron chi connectivity index (χ4n) is 1.36. The zero-order valence-corrected chi connectivity index (χ0v) is 10.4. The average Bonchev–Trinajstić information content (AvgIpc) is 2.30. The fourth-order valence-corrected chi connectivity index (χ4v) is 1.76. The van der Waals surface area contributed by atoms with E-state index in [1.807, 2.05) is 0 Å². The van der Waals surface area contributed by atoms with Crippen molar-refractivity contribution in [3.05, 3.63) is 0 Å². The number of hydrogen-bond donors (Lipinski definition) is 1. The molecule has 1 N–H and O–H groups in total. The molecule has 88 valence electrons. The van der Waals surface area contributed by atoms with Gasteiger partial charge >= 0.3 is 0 Å². The summed E-state index contributed by atoms with van der Waals surface area (Å²) in [6.45, 7) is 2.22. The maximum atomic E-state index is 11.5. The molecular weight excluding hydrogens is 262 g/mol. The Morgan fingerprint density at radius 2 is 2.20 bits per heavy atom. The Morgan fingerprint density at radius 1 is 1.33 bits per heavy atom. The summed E-state index contributed by atoms with van der Waals surface area (Å²) in [5, 5.41) is 3.88. The highest BCUT2D eigenvalue weighted by Gasteiger charge is 2.21. The maximum Gasteiger partial charge on any atom is 0.251 e. The maximum absolute atomic E-state index is 11.5. The van der Waals surface area contributed by atoms with Gasteiger partial charge in [0, 0.05) is 11.9 Å². The number of alkyl halides is 1. The van der Waals surface area contributed by atoms with E-state index in [-0.39, 0.29) is 5.91 Å². The van der Waals surface area contributed by atoms with Crippen LogP contribution in [0.25, 0.3) is 0 Å². The Labute approximate surface area is 98.8 Å². The van der Waals surface area contributed by atoms with Gasteiger partial charge in [-0.2, -0.15) is 0 Å².